The van der Waals surface area contributed by atoms with Crippen molar-refractivity contribution in [3.8, 4) is 17.5 Å². The molecule has 0 unspecified atom stereocenters. The molecule has 0 aliphatic carbocycles. The summed E-state index contributed by atoms with van der Waals surface area (Å²) >= 11 is 6.05. The van der Waals surface area contributed by atoms with Gasteiger partial charge in [0, 0.05) is 11.3 Å². The third-order valence-corrected chi connectivity index (χ3v) is 3.93. The van der Waals surface area contributed by atoms with Crippen LogP contribution in [0.3, 0.4) is 0 Å². The van der Waals surface area contributed by atoms with E-state index in [1.165, 1.54) is 0 Å². The first-order chi connectivity index (χ1) is 12.1. The second-order valence-electron chi connectivity index (χ2n) is 5.48. The Morgan fingerprint density at radius 3 is 2.60 bits per heavy atom. The molecule has 0 radical (unpaired) electrons. The van der Waals surface area contributed by atoms with Crippen molar-refractivity contribution in [1.29, 1.82) is 5.26 Å². The van der Waals surface area contributed by atoms with Gasteiger partial charge in [-0.2, -0.15) is 5.26 Å². The number of nitriles is 1. The lowest BCUT2D eigenvalue weighted by Gasteiger charge is -2.19. The number of halogens is 1. The monoisotopic (exact) mass is 354 g/mol. The molecular formula is C18H15ClN4O2. The fourth-order valence-electron chi connectivity index (χ4n) is 2.32. The fraction of sp³-hybridized carbons (Fsp3) is 0.167. The molecule has 1 heterocycles. The number of aromatic nitrogens is 2. The normalized spacial score (nSPS) is 13.0. The molecule has 25 heavy (non-hydrogen) atoms. The number of benzene rings is 2. The fourth-order valence-corrected chi connectivity index (χ4v) is 2.54. The Bertz CT molecular complexity index is 903. The average Bonchev–Trinajstić information content (AvgIpc) is 3.10. The van der Waals surface area contributed by atoms with Gasteiger partial charge in [0.1, 0.15) is 12.1 Å². The highest BCUT2D eigenvalue weighted by atomic mass is 35.5. The summed E-state index contributed by atoms with van der Waals surface area (Å²) in [6, 6.07) is 15.7. The molecular weight excluding hydrogens is 340 g/mol. The first-order valence-corrected chi connectivity index (χ1v) is 7.99. The average molecular weight is 355 g/mol. The Kier molecular flexibility index (Phi) is 4.98. The molecule has 0 aliphatic heterocycles. The maximum absolute atomic E-state index is 10.1. The van der Waals surface area contributed by atoms with Crippen LogP contribution >= 0.6 is 11.6 Å². The summed E-state index contributed by atoms with van der Waals surface area (Å²) in [5.74, 6) is 0.634. The molecule has 6 nitrogen and oxygen atoms in total. The number of hydrogen-bond donors (Lipinski definition) is 2. The van der Waals surface area contributed by atoms with Crippen LogP contribution in [0.4, 0.5) is 5.69 Å². The highest BCUT2D eigenvalue weighted by Crippen LogP contribution is 2.27. The van der Waals surface area contributed by atoms with E-state index < -0.39 is 12.1 Å². The van der Waals surface area contributed by atoms with Crippen LogP contribution in [0.2, 0.25) is 5.02 Å². The van der Waals surface area contributed by atoms with Crippen molar-refractivity contribution in [2.45, 2.75) is 19.1 Å². The molecule has 2 atom stereocenters. The van der Waals surface area contributed by atoms with Crippen LogP contribution in [-0.2, 0) is 0 Å². The lowest BCUT2D eigenvalue weighted by molar-refractivity contribution is 0.160. The number of nitrogens with one attached hydrogen (secondary N) is 1. The van der Waals surface area contributed by atoms with E-state index in [9.17, 15) is 5.11 Å². The minimum absolute atomic E-state index is 0.259. The predicted molar refractivity (Wildman–Crippen MR) is 93.9 cm³/mol. The molecule has 0 bridgehead atoms. The summed E-state index contributed by atoms with van der Waals surface area (Å²) in [6.45, 7) is 1.62. The van der Waals surface area contributed by atoms with Crippen LogP contribution in [0.15, 0.2) is 52.9 Å². The number of aliphatic hydroxyl groups excluding tert-OH is 1. The van der Waals surface area contributed by atoms with Gasteiger partial charge in [0.05, 0.1) is 16.7 Å². The summed E-state index contributed by atoms with van der Waals surface area (Å²) < 4.78 is 5.71. The second kappa shape index (κ2) is 7.34. The molecule has 7 heteroatoms. The minimum atomic E-state index is -0.793. The summed E-state index contributed by atoms with van der Waals surface area (Å²) in [5, 5.41) is 30.6. The Balaban J connectivity index is 1.86. The van der Waals surface area contributed by atoms with Crippen LogP contribution in [0.5, 0.6) is 0 Å². The van der Waals surface area contributed by atoms with E-state index >= 15 is 0 Å². The molecule has 126 valence electrons. The zero-order chi connectivity index (χ0) is 17.8. The lowest BCUT2D eigenvalue weighted by atomic mass is 10.1. The topological polar surface area (TPSA) is 95.0 Å². The Morgan fingerprint density at radius 1 is 1.20 bits per heavy atom. The Morgan fingerprint density at radius 2 is 1.96 bits per heavy atom. The summed E-state index contributed by atoms with van der Waals surface area (Å²) in [4.78, 5) is 0. The van der Waals surface area contributed by atoms with E-state index in [-0.39, 0.29) is 5.89 Å². The number of aliphatic hydroxyl groups is 1. The Labute approximate surface area is 149 Å². The molecule has 0 spiro atoms. The zero-order valence-corrected chi connectivity index (χ0v) is 14.1. The van der Waals surface area contributed by atoms with Crippen molar-refractivity contribution in [2.24, 2.45) is 0 Å². The molecule has 0 amide bonds. The first-order valence-electron chi connectivity index (χ1n) is 7.61. The maximum Gasteiger partial charge on any atom is 0.247 e. The van der Waals surface area contributed by atoms with Crippen LogP contribution in [-0.4, -0.2) is 21.4 Å². The number of hydrogen-bond acceptors (Lipinski definition) is 6. The van der Waals surface area contributed by atoms with E-state index in [1.807, 2.05) is 36.4 Å². The minimum Gasteiger partial charge on any atom is -0.418 e. The van der Waals surface area contributed by atoms with Crippen molar-refractivity contribution in [2.75, 3.05) is 5.32 Å². The van der Waals surface area contributed by atoms with Crippen molar-refractivity contribution in [3.05, 3.63) is 65.0 Å². The van der Waals surface area contributed by atoms with Gasteiger partial charge in [0.15, 0.2) is 0 Å². The molecule has 3 rings (SSSR count). The molecule has 0 saturated carbocycles. The zero-order valence-electron chi connectivity index (χ0n) is 13.3. The van der Waals surface area contributed by atoms with Crippen molar-refractivity contribution in [3.63, 3.8) is 0 Å². The SMILES string of the molecule is C[C@H](O)[C@@H](Nc1ccc(C#N)c(Cl)c1)c1nnc(-c2ccccc2)o1. The van der Waals surface area contributed by atoms with Crippen molar-refractivity contribution < 1.29 is 9.52 Å². The standard InChI is InChI=1S/C18H15ClN4O2/c1-11(24)16(21-14-8-7-13(10-20)15(19)9-14)18-23-22-17(25-18)12-5-3-2-4-6-12/h2-9,11,16,21,24H,1H3/t11-,16+/m0/s1. The van der Waals surface area contributed by atoms with Gasteiger partial charge in [-0.05, 0) is 37.3 Å². The predicted octanol–water partition coefficient (Wildman–Crippen LogP) is 3.80. The van der Waals surface area contributed by atoms with Gasteiger partial charge in [0.25, 0.3) is 0 Å². The highest BCUT2D eigenvalue weighted by Gasteiger charge is 2.24. The van der Waals surface area contributed by atoms with E-state index in [2.05, 4.69) is 15.5 Å². The van der Waals surface area contributed by atoms with Gasteiger partial charge < -0.3 is 14.8 Å². The number of nitrogens with zero attached hydrogens (tertiary/aromatic N) is 3. The highest BCUT2D eigenvalue weighted by molar-refractivity contribution is 6.32. The number of rotatable bonds is 5. The van der Waals surface area contributed by atoms with Crippen molar-refractivity contribution in [1.82, 2.24) is 10.2 Å². The van der Waals surface area contributed by atoms with Crippen LogP contribution in [0, 0.1) is 11.3 Å². The Hall–Kier alpha value is -2.88. The van der Waals surface area contributed by atoms with Gasteiger partial charge in [0.2, 0.25) is 11.8 Å². The molecule has 0 aliphatic rings. The van der Waals surface area contributed by atoms with E-state index in [1.54, 1.807) is 25.1 Å². The quantitative estimate of drug-likeness (QED) is 0.723. The smallest absolute Gasteiger partial charge is 0.247 e. The third-order valence-electron chi connectivity index (χ3n) is 3.62. The van der Waals surface area contributed by atoms with E-state index in [0.717, 1.165) is 5.56 Å². The van der Waals surface area contributed by atoms with Crippen LogP contribution in [0.25, 0.3) is 11.5 Å². The molecule has 3 aromatic rings. The van der Waals surface area contributed by atoms with Crippen molar-refractivity contribution >= 4 is 17.3 Å². The van der Waals surface area contributed by atoms with Crippen LogP contribution in [0.1, 0.15) is 24.4 Å². The van der Waals surface area contributed by atoms with E-state index in [4.69, 9.17) is 21.3 Å². The van der Waals surface area contributed by atoms with Gasteiger partial charge >= 0.3 is 0 Å². The second-order valence-corrected chi connectivity index (χ2v) is 5.89. The number of anilines is 1. The van der Waals surface area contributed by atoms with Gasteiger partial charge in [-0.1, -0.05) is 29.8 Å². The van der Waals surface area contributed by atoms with Crippen LogP contribution < -0.4 is 5.32 Å². The lowest BCUT2D eigenvalue weighted by Crippen LogP contribution is -2.23. The molecule has 2 aromatic carbocycles. The van der Waals surface area contributed by atoms with Gasteiger partial charge in [-0.25, -0.2) is 0 Å². The van der Waals surface area contributed by atoms with E-state index in [0.29, 0.717) is 22.2 Å². The summed E-state index contributed by atoms with van der Waals surface area (Å²) in [7, 11) is 0. The molecule has 0 saturated heterocycles. The summed E-state index contributed by atoms with van der Waals surface area (Å²) in [6.07, 6.45) is -0.793. The third kappa shape index (κ3) is 3.79. The first kappa shape index (κ1) is 17.0. The molecule has 2 N–H and O–H groups in total. The maximum atomic E-state index is 10.1. The van der Waals surface area contributed by atoms with Gasteiger partial charge in [-0.15, -0.1) is 10.2 Å². The molecule has 1 aromatic heterocycles. The van der Waals surface area contributed by atoms with Gasteiger partial charge in [-0.3, -0.25) is 0 Å². The summed E-state index contributed by atoms with van der Waals surface area (Å²) in [5.41, 5.74) is 1.81. The molecule has 0 fully saturated rings. The largest absolute Gasteiger partial charge is 0.418 e.